The van der Waals surface area contributed by atoms with Gasteiger partial charge in [-0.25, -0.2) is 0 Å². The van der Waals surface area contributed by atoms with Crippen LogP contribution in [0.3, 0.4) is 0 Å². The SMILES string of the molecule is COCC(=O)C(C)C(=O)c1ccccc1. The lowest BCUT2D eigenvalue weighted by Crippen LogP contribution is -2.24. The van der Waals surface area contributed by atoms with Gasteiger partial charge in [-0.3, -0.25) is 9.59 Å². The largest absolute Gasteiger partial charge is 0.377 e. The number of hydrogen-bond donors (Lipinski definition) is 0. The molecule has 1 aromatic rings. The molecule has 0 aliphatic carbocycles. The minimum atomic E-state index is -0.632. The first-order valence-corrected chi connectivity index (χ1v) is 4.77. The number of ketones is 2. The van der Waals surface area contributed by atoms with Crippen LogP contribution in [0.2, 0.25) is 0 Å². The van der Waals surface area contributed by atoms with Crippen molar-refractivity contribution in [1.29, 1.82) is 0 Å². The zero-order valence-electron chi connectivity index (χ0n) is 8.90. The third-order valence-corrected chi connectivity index (χ3v) is 2.22. The molecule has 0 heterocycles. The number of benzene rings is 1. The molecule has 0 amide bonds. The topological polar surface area (TPSA) is 43.4 Å². The minimum Gasteiger partial charge on any atom is -0.377 e. The zero-order valence-corrected chi connectivity index (χ0v) is 8.90. The summed E-state index contributed by atoms with van der Waals surface area (Å²) in [6.45, 7) is 1.59. The Labute approximate surface area is 89.1 Å². The predicted octanol–water partition coefficient (Wildman–Crippen LogP) is 1.72. The Morgan fingerprint density at radius 3 is 2.40 bits per heavy atom. The summed E-state index contributed by atoms with van der Waals surface area (Å²) < 4.78 is 4.71. The highest BCUT2D eigenvalue weighted by Gasteiger charge is 2.21. The average Bonchev–Trinajstić information content (AvgIpc) is 2.28. The normalized spacial score (nSPS) is 12.1. The van der Waals surface area contributed by atoms with Crippen LogP contribution in [0.25, 0.3) is 0 Å². The Bertz CT molecular complexity index is 343. The van der Waals surface area contributed by atoms with Gasteiger partial charge in [0, 0.05) is 12.7 Å². The third kappa shape index (κ3) is 2.99. The summed E-state index contributed by atoms with van der Waals surface area (Å²) in [4.78, 5) is 23.2. The lowest BCUT2D eigenvalue weighted by molar-refractivity contribution is -0.124. The van der Waals surface area contributed by atoms with Crippen molar-refractivity contribution in [3.63, 3.8) is 0 Å². The van der Waals surface area contributed by atoms with Crippen molar-refractivity contribution >= 4 is 11.6 Å². The molecule has 1 aromatic carbocycles. The Balaban J connectivity index is 2.73. The highest BCUT2D eigenvalue weighted by atomic mass is 16.5. The number of hydrogen-bond acceptors (Lipinski definition) is 3. The predicted molar refractivity (Wildman–Crippen MR) is 56.8 cm³/mol. The van der Waals surface area contributed by atoms with Crippen LogP contribution in [-0.2, 0) is 9.53 Å². The highest BCUT2D eigenvalue weighted by Crippen LogP contribution is 2.09. The Hall–Kier alpha value is -1.48. The van der Waals surface area contributed by atoms with Gasteiger partial charge < -0.3 is 4.74 Å². The molecule has 0 bridgehead atoms. The van der Waals surface area contributed by atoms with Gasteiger partial charge in [0.1, 0.15) is 6.61 Å². The molecule has 0 fully saturated rings. The molecule has 0 saturated heterocycles. The molecule has 80 valence electrons. The van der Waals surface area contributed by atoms with Crippen molar-refractivity contribution in [2.45, 2.75) is 6.92 Å². The van der Waals surface area contributed by atoms with Crippen molar-refractivity contribution in [3.8, 4) is 0 Å². The molecule has 0 aromatic heterocycles. The van der Waals surface area contributed by atoms with Crippen LogP contribution in [0.4, 0.5) is 0 Å². The summed E-state index contributed by atoms with van der Waals surface area (Å²) in [7, 11) is 1.44. The molecular formula is C12H14O3. The first-order valence-electron chi connectivity index (χ1n) is 4.77. The number of rotatable bonds is 5. The number of carbonyl (C=O) groups is 2. The van der Waals surface area contributed by atoms with Crippen LogP contribution >= 0.6 is 0 Å². The van der Waals surface area contributed by atoms with E-state index in [1.165, 1.54) is 7.11 Å². The smallest absolute Gasteiger partial charge is 0.173 e. The minimum absolute atomic E-state index is 0.0141. The Morgan fingerprint density at radius 1 is 1.27 bits per heavy atom. The molecule has 15 heavy (non-hydrogen) atoms. The van der Waals surface area contributed by atoms with E-state index < -0.39 is 5.92 Å². The summed E-state index contributed by atoms with van der Waals surface area (Å²) in [6.07, 6.45) is 0. The van der Waals surface area contributed by atoms with E-state index >= 15 is 0 Å². The van der Waals surface area contributed by atoms with Gasteiger partial charge in [-0.2, -0.15) is 0 Å². The van der Waals surface area contributed by atoms with Gasteiger partial charge in [0.15, 0.2) is 11.6 Å². The summed E-state index contributed by atoms with van der Waals surface area (Å²) in [5, 5.41) is 0. The van der Waals surface area contributed by atoms with E-state index in [1.807, 2.05) is 6.07 Å². The molecule has 1 unspecified atom stereocenters. The van der Waals surface area contributed by atoms with E-state index in [0.717, 1.165) is 0 Å². The molecule has 1 atom stereocenters. The molecule has 0 radical (unpaired) electrons. The fourth-order valence-electron chi connectivity index (χ4n) is 1.27. The fraction of sp³-hybridized carbons (Fsp3) is 0.333. The van der Waals surface area contributed by atoms with Gasteiger partial charge in [-0.1, -0.05) is 30.3 Å². The monoisotopic (exact) mass is 206 g/mol. The van der Waals surface area contributed by atoms with Gasteiger partial charge in [0.25, 0.3) is 0 Å². The van der Waals surface area contributed by atoms with Gasteiger partial charge in [0.2, 0.25) is 0 Å². The molecule has 1 rings (SSSR count). The Kier molecular flexibility index (Phi) is 4.18. The van der Waals surface area contributed by atoms with E-state index in [1.54, 1.807) is 31.2 Å². The van der Waals surface area contributed by atoms with Crippen molar-refractivity contribution in [3.05, 3.63) is 35.9 Å². The van der Waals surface area contributed by atoms with Gasteiger partial charge in [0.05, 0.1) is 5.92 Å². The Morgan fingerprint density at radius 2 is 1.87 bits per heavy atom. The summed E-state index contributed by atoms with van der Waals surface area (Å²) in [6, 6.07) is 8.80. The molecule has 0 spiro atoms. The van der Waals surface area contributed by atoms with Gasteiger partial charge >= 0.3 is 0 Å². The maximum Gasteiger partial charge on any atom is 0.173 e. The lowest BCUT2D eigenvalue weighted by Gasteiger charge is -2.08. The second-order valence-electron chi connectivity index (χ2n) is 3.35. The molecule has 0 saturated carbocycles. The standard InChI is InChI=1S/C12H14O3/c1-9(11(13)8-15-2)12(14)10-6-4-3-5-7-10/h3-7,9H,8H2,1-2H3. The van der Waals surface area contributed by atoms with E-state index in [0.29, 0.717) is 5.56 Å². The first kappa shape index (κ1) is 11.6. The molecule has 3 heteroatoms. The fourth-order valence-corrected chi connectivity index (χ4v) is 1.27. The summed E-state index contributed by atoms with van der Waals surface area (Å²) >= 11 is 0. The van der Waals surface area contributed by atoms with E-state index in [2.05, 4.69) is 0 Å². The summed E-state index contributed by atoms with van der Waals surface area (Å²) in [5.74, 6) is -0.976. The molecular weight excluding hydrogens is 192 g/mol. The first-order chi connectivity index (χ1) is 7.16. The molecule has 0 N–H and O–H groups in total. The van der Waals surface area contributed by atoms with Crippen LogP contribution in [0.15, 0.2) is 30.3 Å². The second-order valence-corrected chi connectivity index (χ2v) is 3.35. The molecule has 0 aliphatic rings. The highest BCUT2D eigenvalue weighted by molar-refractivity contribution is 6.10. The van der Waals surface area contributed by atoms with Gasteiger partial charge in [-0.05, 0) is 6.92 Å². The quantitative estimate of drug-likeness (QED) is 0.544. The van der Waals surface area contributed by atoms with Crippen LogP contribution in [0, 0.1) is 5.92 Å². The van der Waals surface area contributed by atoms with Crippen molar-refractivity contribution in [1.82, 2.24) is 0 Å². The van der Waals surface area contributed by atoms with Crippen LogP contribution in [0.1, 0.15) is 17.3 Å². The number of ether oxygens (including phenoxy) is 1. The van der Waals surface area contributed by atoms with Gasteiger partial charge in [-0.15, -0.1) is 0 Å². The van der Waals surface area contributed by atoms with Crippen molar-refractivity contribution in [2.75, 3.05) is 13.7 Å². The van der Waals surface area contributed by atoms with Crippen molar-refractivity contribution < 1.29 is 14.3 Å². The molecule has 0 aliphatic heterocycles. The second kappa shape index (κ2) is 5.41. The number of Topliss-reactive ketones (excluding diaryl/α,β-unsaturated/α-hetero) is 2. The number of carbonyl (C=O) groups excluding carboxylic acids is 2. The van der Waals surface area contributed by atoms with E-state index in [9.17, 15) is 9.59 Å². The zero-order chi connectivity index (χ0) is 11.3. The maximum absolute atomic E-state index is 11.8. The van der Waals surface area contributed by atoms with Crippen LogP contribution < -0.4 is 0 Å². The van der Waals surface area contributed by atoms with Crippen LogP contribution in [0.5, 0.6) is 0 Å². The maximum atomic E-state index is 11.8. The average molecular weight is 206 g/mol. The van der Waals surface area contributed by atoms with E-state index in [-0.39, 0.29) is 18.2 Å². The molecule has 3 nitrogen and oxygen atoms in total. The lowest BCUT2D eigenvalue weighted by atomic mass is 9.96. The van der Waals surface area contributed by atoms with Crippen LogP contribution in [-0.4, -0.2) is 25.3 Å². The third-order valence-electron chi connectivity index (χ3n) is 2.22. The summed E-state index contributed by atoms with van der Waals surface area (Å²) in [5.41, 5.74) is 0.564. The van der Waals surface area contributed by atoms with E-state index in [4.69, 9.17) is 4.74 Å². The van der Waals surface area contributed by atoms with Crippen molar-refractivity contribution in [2.24, 2.45) is 5.92 Å². The number of methoxy groups -OCH3 is 1.